The van der Waals surface area contributed by atoms with Crippen molar-refractivity contribution in [2.75, 3.05) is 19.6 Å². The van der Waals surface area contributed by atoms with Gasteiger partial charge in [0.05, 0.1) is 5.60 Å². The van der Waals surface area contributed by atoms with Gasteiger partial charge in [0.2, 0.25) is 0 Å². The summed E-state index contributed by atoms with van der Waals surface area (Å²) in [6, 6.07) is 8.47. The third kappa shape index (κ3) is 2.93. The quantitative estimate of drug-likeness (QED) is 0.884. The SMILES string of the molecule is CCCN1CCC(O)(c2cccc(CC)c2)CC1. The Hall–Kier alpha value is -0.860. The molecule has 1 saturated heterocycles. The van der Waals surface area contributed by atoms with Crippen LogP contribution in [0, 0.1) is 0 Å². The van der Waals surface area contributed by atoms with Crippen LogP contribution in [0.1, 0.15) is 44.2 Å². The number of aliphatic hydroxyl groups is 1. The molecule has 2 heteroatoms. The van der Waals surface area contributed by atoms with E-state index in [1.54, 1.807) is 0 Å². The molecule has 1 aliphatic rings. The van der Waals surface area contributed by atoms with E-state index in [9.17, 15) is 5.11 Å². The van der Waals surface area contributed by atoms with Crippen LogP contribution < -0.4 is 0 Å². The van der Waals surface area contributed by atoms with Crippen molar-refractivity contribution >= 4 is 0 Å². The van der Waals surface area contributed by atoms with Crippen LogP contribution in [0.5, 0.6) is 0 Å². The normalized spacial score (nSPS) is 19.9. The molecule has 1 aromatic carbocycles. The molecular formula is C16H25NO. The minimum Gasteiger partial charge on any atom is -0.385 e. The van der Waals surface area contributed by atoms with Crippen LogP contribution in [-0.4, -0.2) is 29.6 Å². The van der Waals surface area contributed by atoms with Crippen LogP contribution in [0.15, 0.2) is 24.3 Å². The molecule has 0 bridgehead atoms. The number of benzene rings is 1. The van der Waals surface area contributed by atoms with Crippen LogP contribution in [0.4, 0.5) is 0 Å². The van der Waals surface area contributed by atoms with Crippen LogP contribution >= 0.6 is 0 Å². The Morgan fingerprint density at radius 3 is 2.56 bits per heavy atom. The standard InChI is InChI=1S/C16H25NO/c1-3-10-17-11-8-16(18,9-12-17)15-7-5-6-14(4-2)13-15/h5-7,13,18H,3-4,8-12H2,1-2H3. The maximum atomic E-state index is 10.8. The molecule has 1 fully saturated rings. The van der Waals surface area contributed by atoms with E-state index in [0.717, 1.165) is 44.5 Å². The number of likely N-dealkylation sites (tertiary alicyclic amines) is 1. The Morgan fingerprint density at radius 1 is 1.22 bits per heavy atom. The van der Waals surface area contributed by atoms with Crippen molar-refractivity contribution in [2.45, 2.75) is 45.1 Å². The second-order valence-electron chi connectivity index (χ2n) is 5.43. The first-order valence-corrected chi connectivity index (χ1v) is 7.22. The van der Waals surface area contributed by atoms with Crippen molar-refractivity contribution < 1.29 is 5.11 Å². The molecule has 0 atom stereocenters. The zero-order chi connectivity index (χ0) is 13.0. The van der Waals surface area contributed by atoms with E-state index in [2.05, 4.69) is 43.0 Å². The molecule has 18 heavy (non-hydrogen) atoms. The Labute approximate surface area is 111 Å². The van der Waals surface area contributed by atoms with Gasteiger partial charge >= 0.3 is 0 Å². The number of piperidine rings is 1. The summed E-state index contributed by atoms with van der Waals surface area (Å²) in [5.74, 6) is 0. The van der Waals surface area contributed by atoms with Gasteiger partial charge in [-0.1, -0.05) is 38.1 Å². The van der Waals surface area contributed by atoms with Crippen molar-refractivity contribution in [1.82, 2.24) is 4.90 Å². The highest BCUT2D eigenvalue weighted by atomic mass is 16.3. The zero-order valence-electron chi connectivity index (χ0n) is 11.7. The summed E-state index contributed by atoms with van der Waals surface area (Å²) >= 11 is 0. The Kier molecular flexibility index (Phi) is 4.41. The summed E-state index contributed by atoms with van der Waals surface area (Å²) in [6.45, 7) is 7.56. The molecule has 0 saturated carbocycles. The molecule has 1 heterocycles. The van der Waals surface area contributed by atoms with Gasteiger partial charge in [-0.2, -0.15) is 0 Å². The fraction of sp³-hybridized carbons (Fsp3) is 0.625. The minimum absolute atomic E-state index is 0.602. The van der Waals surface area contributed by atoms with Gasteiger partial charge in [0.15, 0.2) is 0 Å². The van der Waals surface area contributed by atoms with Gasteiger partial charge < -0.3 is 10.0 Å². The number of aryl methyl sites for hydroxylation is 1. The Morgan fingerprint density at radius 2 is 1.94 bits per heavy atom. The lowest BCUT2D eigenvalue weighted by Gasteiger charge is -2.38. The first kappa shape index (κ1) is 13.6. The maximum absolute atomic E-state index is 10.8. The molecule has 0 radical (unpaired) electrons. The number of hydrogen-bond donors (Lipinski definition) is 1. The summed E-state index contributed by atoms with van der Waals surface area (Å²) < 4.78 is 0. The first-order chi connectivity index (χ1) is 8.68. The van der Waals surface area contributed by atoms with Gasteiger partial charge in [-0.15, -0.1) is 0 Å². The molecule has 2 nitrogen and oxygen atoms in total. The highest BCUT2D eigenvalue weighted by molar-refractivity contribution is 5.28. The fourth-order valence-corrected chi connectivity index (χ4v) is 2.83. The van der Waals surface area contributed by atoms with Crippen molar-refractivity contribution in [3.63, 3.8) is 0 Å². The molecule has 0 spiro atoms. The molecular weight excluding hydrogens is 222 g/mol. The van der Waals surface area contributed by atoms with Crippen molar-refractivity contribution in [1.29, 1.82) is 0 Å². The molecule has 0 unspecified atom stereocenters. The monoisotopic (exact) mass is 247 g/mol. The predicted molar refractivity (Wildman–Crippen MR) is 75.7 cm³/mol. The smallest absolute Gasteiger partial charge is 0.0921 e. The minimum atomic E-state index is -0.602. The lowest BCUT2D eigenvalue weighted by molar-refractivity contribution is -0.0258. The zero-order valence-corrected chi connectivity index (χ0v) is 11.7. The average molecular weight is 247 g/mol. The second kappa shape index (κ2) is 5.85. The molecule has 0 amide bonds. The average Bonchev–Trinajstić information content (AvgIpc) is 2.42. The molecule has 1 aromatic rings. The molecule has 1 N–H and O–H groups in total. The van der Waals surface area contributed by atoms with Gasteiger partial charge in [0, 0.05) is 13.1 Å². The van der Waals surface area contributed by atoms with Crippen LogP contribution in [0.3, 0.4) is 0 Å². The van der Waals surface area contributed by atoms with Gasteiger partial charge in [0.25, 0.3) is 0 Å². The summed E-state index contributed by atoms with van der Waals surface area (Å²) in [5.41, 5.74) is 1.82. The number of rotatable bonds is 4. The van der Waals surface area contributed by atoms with E-state index in [1.807, 2.05) is 0 Å². The van der Waals surface area contributed by atoms with Gasteiger partial charge in [-0.3, -0.25) is 0 Å². The van der Waals surface area contributed by atoms with Crippen LogP contribution in [-0.2, 0) is 12.0 Å². The Balaban J connectivity index is 2.08. The first-order valence-electron chi connectivity index (χ1n) is 7.22. The van der Waals surface area contributed by atoms with Gasteiger partial charge in [-0.05, 0) is 43.4 Å². The molecule has 0 aliphatic carbocycles. The summed E-state index contributed by atoms with van der Waals surface area (Å²) in [6.07, 6.45) is 3.95. The predicted octanol–water partition coefficient (Wildman–Crippen LogP) is 2.94. The van der Waals surface area contributed by atoms with E-state index in [-0.39, 0.29) is 0 Å². The molecule has 1 aliphatic heterocycles. The summed E-state index contributed by atoms with van der Waals surface area (Å²) in [4.78, 5) is 2.46. The van der Waals surface area contributed by atoms with E-state index in [0.29, 0.717) is 0 Å². The van der Waals surface area contributed by atoms with Crippen molar-refractivity contribution in [2.24, 2.45) is 0 Å². The highest BCUT2D eigenvalue weighted by Crippen LogP contribution is 2.33. The van der Waals surface area contributed by atoms with Crippen molar-refractivity contribution in [3.8, 4) is 0 Å². The number of hydrogen-bond acceptors (Lipinski definition) is 2. The molecule has 2 rings (SSSR count). The van der Waals surface area contributed by atoms with E-state index >= 15 is 0 Å². The van der Waals surface area contributed by atoms with Gasteiger partial charge in [-0.25, -0.2) is 0 Å². The largest absolute Gasteiger partial charge is 0.385 e. The van der Waals surface area contributed by atoms with Crippen LogP contribution in [0.2, 0.25) is 0 Å². The van der Waals surface area contributed by atoms with E-state index < -0.39 is 5.60 Å². The lowest BCUT2D eigenvalue weighted by Crippen LogP contribution is -2.42. The van der Waals surface area contributed by atoms with E-state index in [1.165, 1.54) is 12.0 Å². The van der Waals surface area contributed by atoms with Crippen LogP contribution in [0.25, 0.3) is 0 Å². The molecule has 100 valence electrons. The maximum Gasteiger partial charge on any atom is 0.0921 e. The van der Waals surface area contributed by atoms with Gasteiger partial charge in [0.1, 0.15) is 0 Å². The summed E-state index contributed by atoms with van der Waals surface area (Å²) in [7, 11) is 0. The third-order valence-electron chi connectivity index (χ3n) is 4.10. The second-order valence-corrected chi connectivity index (χ2v) is 5.43. The lowest BCUT2D eigenvalue weighted by atomic mass is 9.83. The van der Waals surface area contributed by atoms with Crippen molar-refractivity contribution in [3.05, 3.63) is 35.4 Å². The summed E-state index contributed by atoms with van der Waals surface area (Å²) in [5, 5.41) is 10.8. The third-order valence-corrected chi connectivity index (χ3v) is 4.10. The fourth-order valence-electron chi connectivity index (χ4n) is 2.83. The molecule has 0 aromatic heterocycles. The van der Waals surface area contributed by atoms with E-state index in [4.69, 9.17) is 0 Å². The number of nitrogens with zero attached hydrogens (tertiary/aromatic N) is 1. The highest BCUT2D eigenvalue weighted by Gasteiger charge is 2.33. The topological polar surface area (TPSA) is 23.5 Å². The Bertz CT molecular complexity index is 380.